The fraction of sp³-hybridized carbons (Fsp3) is 0.227. The van der Waals surface area contributed by atoms with E-state index in [9.17, 15) is 13.2 Å². The highest BCUT2D eigenvalue weighted by Gasteiger charge is 2.27. The molecule has 1 saturated heterocycles. The zero-order chi connectivity index (χ0) is 21.0. The number of benzene rings is 2. The van der Waals surface area contributed by atoms with Gasteiger partial charge in [-0.05, 0) is 35.2 Å². The van der Waals surface area contributed by atoms with Gasteiger partial charge in [0.25, 0.3) is 5.91 Å². The third kappa shape index (κ3) is 4.46. The number of ether oxygens (including phenoxy) is 1. The van der Waals surface area contributed by atoms with E-state index in [1.807, 2.05) is 47.8 Å². The molecule has 0 radical (unpaired) electrons. The van der Waals surface area contributed by atoms with Crippen molar-refractivity contribution in [2.75, 3.05) is 26.3 Å². The lowest BCUT2D eigenvalue weighted by Gasteiger charge is -2.26. The second-order valence-electron chi connectivity index (χ2n) is 6.88. The Labute approximate surface area is 180 Å². The van der Waals surface area contributed by atoms with Crippen molar-refractivity contribution in [1.82, 2.24) is 9.62 Å². The molecule has 0 spiro atoms. The first-order valence-electron chi connectivity index (χ1n) is 9.63. The fourth-order valence-electron chi connectivity index (χ4n) is 3.37. The van der Waals surface area contributed by atoms with Crippen LogP contribution in [0, 0.1) is 0 Å². The predicted octanol–water partition coefficient (Wildman–Crippen LogP) is 3.29. The van der Waals surface area contributed by atoms with Gasteiger partial charge in [-0.25, -0.2) is 8.42 Å². The Morgan fingerprint density at radius 3 is 2.47 bits per heavy atom. The van der Waals surface area contributed by atoms with E-state index in [1.165, 1.54) is 16.4 Å². The highest BCUT2D eigenvalue weighted by Crippen LogP contribution is 2.27. The molecule has 2 heterocycles. The molecule has 0 bridgehead atoms. The van der Waals surface area contributed by atoms with Gasteiger partial charge in [-0.15, -0.1) is 11.3 Å². The molecular formula is C22H22N2O4S2. The minimum absolute atomic E-state index is 0.115. The van der Waals surface area contributed by atoms with Gasteiger partial charge in [-0.2, -0.15) is 4.31 Å². The lowest BCUT2D eigenvalue weighted by Crippen LogP contribution is -2.40. The molecule has 1 aliphatic heterocycles. The minimum atomic E-state index is -3.67. The number of hydrogen-bond donors (Lipinski definition) is 1. The molecule has 1 amide bonds. The first-order chi connectivity index (χ1) is 14.6. The minimum Gasteiger partial charge on any atom is -0.379 e. The van der Waals surface area contributed by atoms with Gasteiger partial charge < -0.3 is 10.1 Å². The molecular weight excluding hydrogens is 420 g/mol. The van der Waals surface area contributed by atoms with Crippen molar-refractivity contribution in [2.24, 2.45) is 0 Å². The van der Waals surface area contributed by atoms with Gasteiger partial charge in [0.05, 0.1) is 24.2 Å². The average Bonchev–Trinajstić information content (AvgIpc) is 3.33. The van der Waals surface area contributed by atoms with E-state index >= 15 is 0 Å². The van der Waals surface area contributed by atoms with E-state index in [2.05, 4.69) is 5.32 Å². The second-order valence-corrected chi connectivity index (χ2v) is 9.79. The van der Waals surface area contributed by atoms with Crippen molar-refractivity contribution in [1.29, 1.82) is 0 Å². The number of carbonyl (C=O) groups is 1. The summed E-state index contributed by atoms with van der Waals surface area (Å²) < 4.78 is 32.5. The van der Waals surface area contributed by atoms with Crippen LogP contribution < -0.4 is 5.32 Å². The average molecular weight is 443 g/mol. The van der Waals surface area contributed by atoms with E-state index in [1.54, 1.807) is 23.5 Å². The van der Waals surface area contributed by atoms with Gasteiger partial charge in [0.2, 0.25) is 10.0 Å². The van der Waals surface area contributed by atoms with Crippen molar-refractivity contribution in [2.45, 2.75) is 10.9 Å². The predicted molar refractivity (Wildman–Crippen MR) is 116 cm³/mol. The van der Waals surface area contributed by atoms with Crippen molar-refractivity contribution >= 4 is 27.3 Å². The summed E-state index contributed by atoms with van der Waals surface area (Å²) in [5.74, 6) is -0.323. The van der Waals surface area contributed by atoms with Gasteiger partial charge in [-0.1, -0.05) is 42.5 Å². The van der Waals surface area contributed by atoms with Gasteiger partial charge in [-0.3, -0.25) is 4.79 Å². The quantitative estimate of drug-likeness (QED) is 0.636. The Morgan fingerprint density at radius 2 is 1.77 bits per heavy atom. The molecule has 8 heteroatoms. The molecule has 6 nitrogen and oxygen atoms in total. The van der Waals surface area contributed by atoms with Crippen LogP contribution in [0.1, 0.15) is 26.8 Å². The summed E-state index contributed by atoms with van der Waals surface area (Å²) in [6, 6.07) is 19.5. The Balaban J connectivity index is 1.59. The molecule has 0 aliphatic carbocycles. The first kappa shape index (κ1) is 20.7. The van der Waals surface area contributed by atoms with Gasteiger partial charge in [0.1, 0.15) is 0 Å². The lowest BCUT2D eigenvalue weighted by atomic mass is 10.0. The number of nitrogens with zero attached hydrogens (tertiary/aromatic N) is 1. The van der Waals surface area contributed by atoms with Crippen LogP contribution >= 0.6 is 11.3 Å². The first-order valence-corrected chi connectivity index (χ1v) is 11.9. The van der Waals surface area contributed by atoms with Crippen LogP contribution in [0.15, 0.2) is 77.0 Å². The molecule has 0 saturated carbocycles. The summed E-state index contributed by atoms with van der Waals surface area (Å²) in [7, 11) is -3.67. The highest BCUT2D eigenvalue weighted by molar-refractivity contribution is 7.89. The standard InChI is InChI=1S/C22H22N2O4S2/c25-22(23-21(20-10-5-15-29-20)17-6-2-1-3-7-17)18-8-4-9-19(16-18)30(26,27)24-11-13-28-14-12-24/h1-10,15-16,21H,11-14H2,(H,23,25). The molecule has 1 aromatic heterocycles. The largest absolute Gasteiger partial charge is 0.379 e. The normalized spacial score (nSPS) is 16.1. The van der Waals surface area contributed by atoms with Gasteiger partial charge >= 0.3 is 0 Å². The zero-order valence-corrected chi connectivity index (χ0v) is 17.9. The molecule has 30 heavy (non-hydrogen) atoms. The molecule has 4 rings (SSSR count). The summed E-state index contributed by atoms with van der Waals surface area (Å²) in [5.41, 5.74) is 1.27. The van der Waals surface area contributed by atoms with Crippen LogP contribution in [0.5, 0.6) is 0 Å². The van der Waals surface area contributed by atoms with Crippen molar-refractivity contribution in [3.63, 3.8) is 0 Å². The summed E-state index contributed by atoms with van der Waals surface area (Å²) in [6.45, 7) is 1.37. The van der Waals surface area contributed by atoms with Gasteiger partial charge in [0.15, 0.2) is 0 Å². The monoisotopic (exact) mass is 442 g/mol. The molecule has 1 atom stereocenters. The highest BCUT2D eigenvalue weighted by atomic mass is 32.2. The summed E-state index contributed by atoms with van der Waals surface area (Å²) >= 11 is 1.56. The number of thiophene rings is 1. The second kappa shape index (κ2) is 9.09. The number of sulfonamides is 1. The van der Waals surface area contributed by atoms with E-state index in [-0.39, 0.29) is 16.8 Å². The van der Waals surface area contributed by atoms with Crippen molar-refractivity contribution in [3.05, 3.63) is 88.1 Å². The van der Waals surface area contributed by atoms with E-state index in [0.29, 0.717) is 31.9 Å². The molecule has 1 aliphatic rings. The Bertz CT molecular complexity index is 1090. The van der Waals surface area contributed by atoms with Crippen LogP contribution in [0.3, 0.4) is 0 Å². The van der Waals surface area contributed by atoms with Crippen LogP contribution in [0.2, 0.25) is 0 Å². The summed E-state index contributed by atoms with van der Waals surface area (Å²) in [5, 5.41) is 5.02. The van der Waals surface area contributed by atoms with Crippen LogP contribution in [0.4, 0.5) is 0 Å². The van der Waals surface area contributed by atoms with E-state index < -0.39 is 10.0 Å². The Hall–Kier alpha value is -2.52. The summed E-state index contributed by atoms with van der Waals surface area (Å²) in [4.78, 5) is 14.2. The molecule has 156 valence electrons. The number of morpholine rings is 1. The maximum absolute atomic E-state index is 13.0. The van der Waals surface area contributed by atoms with Crippen LogP contribution in [0.25, 0.3) is 0 Å². The van der Waals surface area contributed by atoms with Crippen molar-refractivity contribution < 1.29 is 17.9 Å². The molecule has 3 aromatic rings. The fourth-order valence-corrected chi connectivity index (χ4v) is 5.62. The van der Waals surface area contributed by atoms with E-state index in [0.717, 1.165) is 10.4 Å². The molecule has 1 N–H and O–H groups in total. The topological polar surface area (TPSA) is 75.7 Å². The maximum atomic E-state index is 13.0. The molecule has 1 unspecified atom stereocenters. The summed E-state index contributed by atoms with van der Waals surface area (Å²) in [6.07, 6.45) is 0. The SMILES string of the molecule is O=C(NC(c1ccccc1)c1cccs1)c1cccc(S(=O)(=O)N2CCOCC2)c1. The lowest BCUT2D eigenvalue weighted by molar-refractivity contribution is 0.0730. The maximum Gasteiger partial charge on any atom is 0.252 e. The van der Waals surface area contributed by atoms with Crippen molar-refractivity contribution in [3.8, 4) is 0 Å². The Morgan fingerprint density at radius 1 is 1.00 bits per heavy atom. The number of hydrogen-bond acceptors (Lipinski definition) is 5. The number of rotatable bonds is 6. The Kier molecular flexibility index (Phi) is 6.29. The van der Waals surface area contributed by atoms with E-state index in [4.69, 9.17) is 4.74 Å². The van der Waals surface area contributed by atoms with Gasteiger partial charge in [0, 0.05) is 23.5 Å². The molecule has 2 aromatic carbocycles. The third-order valence-electron chi connectivity index (χ3n) is 4.94. The number of carbonyl (C=O) groups excluding carboxylic acids is 1. The molecule has 1 fully saturated rings. The smallest absolute Gasteiger partial charge is 0.252 e. The van der Waals surface area contributed by atoms with Crippen LogP contribution in [-0.4, -0.2) is 44.9 Å². The number of amides is 1. The third-order valence-corrected chi connectivity index (χ3v) is 7.77. The zero-order valence-electron chi connectivity index (χ0n) is 16.2. The number of nitrogens with one attached hydrogen (secondary N) is 1. The van der Waals surface area contributed by atoms with Crippen LogP contribution in [-0.2, 0) is 14.8 Å².